The second kappa shape index (κ2) is 6.54. The van der Waals surface area contributed by atoms with Crippen LogP contribution in [0.15, 0.2) is 6.07 Å². The molecule has 2 rings (SSSR count). The first-order valence-corrected chi connectivity index (χ1v) is 8.83. The summed E-state index contributed by atoms with van der Waals surface area (Å²) in [5.41, 5.74) is 2.55. The molecule has 0 saturated carbocycles. The van der Waals surface area contributed by atoms with Crippen molar-refractivity contribution in [2.24, 2.45) is 5.84 Å². The van der Waals surface area contributed by atoms with E-state index in [1.807, 2.05) is 0 Å². The van der Waals surface area contributed by atoms with Crippen LogP contribution in [0.4, 0.5) is 11.6 Å². The predicted octanol–water partition coefficient (Wildman–Crippen LogP) is -0.204. The maximum atomic E-state index is 11.5. The van der Waals surface area contributed by atoms with E-state index in [1.54, 1.807) is 6.07 Å². The molecule has 1 fully saturated rings. The molecule has 0 amide bonds. The Morgan fingerprint density at radius 2 is 1.95 bits per heavy atom. The molecule has 0 spiro atoms. The highest BCUT2D eigenvalue weighted by molar-refractivity contribution is 7.88. The molecular weight excluding hydrogens is 292 g/mol. The molecule has 3 N–H and O–H groups in total. The Kier molecular flexibility index (Phi) is 4.96. The number of aromatic nitrogens is 2. The molecule has 0 radical (unpaired) electrons. The van der Waals surface area contributed by atoms with E-state index in [-0.39, 0.29) is 0 Å². The molecule has 0 unspecified atom stereocenters. The lowest BCUT2D eigenvalue weighted by molar-refractivity contribution is 0.387. The predicted molar refractivity (Wildman–Crippen MR) is 82.5 cm³/mol. The summed E-state index contributed by atoms with van der Waals surface area (Å²) in [5, 5.41) is 0. The summed E-state index contributed by atoms with van der Waals surface area (Å²) in [6, 6.07) is 1.79. The minimum absolute atomic E-state index is 0.470. The number of hydrazine groups is 1. The van der Waals surface area contributed by atoms with Crippen LogP contribution in [0.2, 0.25) is 0 Å². The first-order chi connectivity index (χ1) is 9.94. The third kappa shape index (κ3) is 4.02. The van der Waals surface area contributed by atoms with Crippen molar-refractivity contribution in [1.82, 2.24) is 14.3 Å². The fourth-order valence-corrected chi connectivity index (χ4v) is 3.13. The minimum Gasteiger partial charge on any atom is -0.354 e. The van der Waals surface area contributed by atoms with E-state index in [9.17, 15) is 8.42 Å². The Bertz CT molecular complexity index is 583. The summed E-state index contributed by atoms with van der Waals surface area (Å²) >= 11 is 0. The van der Waals surface area contributed by atoms with Crippen LogP contribution in [0.5, 0.6) is 0 Å². The van der Waals surface area contributed by atoms with Gasteiger partial charge in [-0.25, -0.2) is 24.2 Å². The van der Waals surface area contributed by atoms with Gasteiger partial charge >= 0.3 is 0 Å². The molecule has 9 heteroatoms. The van der Waals surface area contributed by atoms with E-state index in [4.69, 9.17) is 5.84 Å². The van der Waals surface area contributed by atoms with Gasteiger partial charge < -0.3 is 10.3 Å². The highest BCUT2D eigenvalue weighted by atomic mass is 32.2. The Labute approximate surface area is 125 Å². The first-order valence-electron chi connectivity index (χ1n) is 6.98. The molecule has 1 aromatic rings. The van der Waals surface area contributed by atoms with Crippen molar-refractivity contribution in [3.63, 3.8) is 0 Å². The summed E-state index contributed by atoms with van der Waals surface area (Å²) in [4.78, 5) is 10.9. The van der Waals surface area contributed by atoms with E-state index in [1.165, 1.54) is 10.6 Å². The lowest BCUT2D eigenvalue weighted by Crippen LogP contribution is -2.48. The number of nitrogens with zero attached hydrogens (tertiary/aromatic N) is 4. The van der Waals surface area contributed by atoms with Gasteiger partial charge in [0, 0.05) is 38.7 Å². The van der Waals surface area contributed by atoms with Gasteiger partial charge in [-0.15, -0.1) is 0 Å². The molecule has 0 aromatic carbocycles. The van der Waals surface area contributed by atoms with E-state index in [0.29, 0.717) is 32.0 Å². The molecule has 0 aliphatic carbocycles. The topological polar surface area (TPSA) is 104 Å². The second-order valence-electron chi connectivity index (χ2n) is 5.07. The zero-order chi connectivity index (χ0) is 15.5. The Balaban J connectivity index is 2.14. The number of hydrogen-bond donors (Lipinski definition) is 2. The monoisotopic (exact) mass is 314 g/mol. The van der Waals surface area contributed by atoms with Crippen molar-refractivity contribution in [2.75, 3.05) is 42.8 Å². The van der Waals surface area contributed by atoms with Gasteiger partial charge in [-0.3, -0.25) is 0 Å². The molecule has 0 atom stereocenters. The summed E-state index contributed by atoms with van der Waals surface area (Å²) in [7, 11) is -3.12. The van der Waals surface area contributed by atoms with Crippen molar-refractivity contribution in [3.05, 3.63) is 11.9 Å². The van der Waals surface area contributed by atoms with Crippen LogP contribution in [-0.2, 0) is 16.4 Å². The molecule has 21 heavy (non-hydrogen) atoms. The average Bonchev–Trinajstić information content (AvgIpc) is 2.46. The molecule has 1 aliphatic heterocycles. The lowest BCUT2D eigenvalue weighted by atomic mass is 10.3. The number of piperazine rings is 1. The van der Waals surface area contributed by atoms with Crippen molar-refractivity contribution < 1.29 is 8.42 Å². The van der Waals surface area contributed by atoms with Crippen LogP contribution in [0.25, 0.3) is 0 Å². The molecule has 1 saturated heterocycles. The number of hydrogen-bond acceptors (Lipinski definition) is 7. The normalized spacial score (nSPS) is 17.0. The zero-order valence-electron chi connectivity index (χ0n) is 12.4. The van der Waals surface area contributed by atoms with Crippen molar-refractivity contribution >= 4 is 21.7 Å². The van der Waals surface area contributed by atoms with Gasteiger partial charge in [-0.05, 0) is 6.42 Å². The van der Waals surface area contributed by atoms with Gasteiger partial charge in [0.25, 0.3) is 0 Å². The molecule has 2 heterocycles. The largest absolute Gasteiger partial charge is 0.354 e. The van der Waals surface area contributed by atoms with Gasteiger partial charge in [0.05, 0.1) is 6.26 Å². The zero-order valence-corrected chi connectivity index (χ0v) is 13.2. The Hall–Kier alpha value is -1.45. The van der Waals surface area contributed by atoms with Gasteiger partial charge in [0.2, 0.25) is 10.0 Å². The second-order valence-corrected chi connectivity index (χ2v) is 7.05. The fraction of sp³-hybridized carbons (Fsp3) is 0.667. The van der Waals surface area contributed by atoms with E-state index < -0.39 is 10.0 Å². The number of nitrogens with one attached hydrogen (secondary N) is 1. The summed E-state index contributed by atoms with van der Waals surface area (Å²) in [5.74, 6) is 7.55. The van der Waals surface area contributed by atoms with E-state index in [2.05, 4.69) is 27.2 Å². The van der Waals surface area contributed by atoms with Gasteiger partial charge in [0.1, 0.15) is 17.5 Å². The molecule has 1 aliphatic rings. The number of nitrogens with two attached hydrogens (primary N) is 1. The maximum Gasteiger partial charge on any atom is 0.211 e. The van der Waals surface area contributed by atoms with Crippen molar-refractivity contribution in [1.29, 1.82) is 0 Å². The molecule has 8 nitrogen and oxygen atoms in total. The highest BCUT2D eigenvalue weighted by Gasteiger charge is 2.24. The smallest absolute Gasteiger partial charge is 0.211 e. The van der Waals surface area contributed by atoms with E-state index in [0.717, 1.165) is 24.5 Å². The summed E-state index contributed by atoms with van der Waals surface area (Å²) < 4.78 is 24.5. The van der Waals surface area contributed by atoms with Crippen LogP contribution in [0.1, 0.15) is 19.2 Å². The number of rotatable bonds is 5. The minimum atomic E-state index is -3.12. The maximum absolute atomic E-state index is 11.5. The number of sulfonamides is 1. The Morgan fingerprint density at radius 1 is 1.29 bits per heavy atom. The SMILES string of the molecule is CCCc1nc(NN)cc(N2CCN(S(C)(=O)=O)CC2)n1. The Morgan fingerprint density at radius 3 is 2.48 bits per heavy atom. The lowest BCUT2D eigenvalue weighted by Gasteiger charge is -2.34. The molecule has 1 aromatic heterocycles. The third-order valence-electron chi connectivity index (χ3n) is 3.41. The van der Waals surface area contributed by atoms with Gasteiger partial charge in [-0.1, -0.05) is 6.92 Å². The summed E-state index contributed by atoms with van der Waals surface area (Å²) in [6.07, 6.45) is 2.98. The average molecular weight is 314 g/mol. The highest BCUT2D eigenvalue weighted by Crippen LogP contribution is 2.18. The van der Waals surface area contributed by atoms with Crippen molar-refractivity contribution in [2.45, 2.75) is 19.8 Å². The summed E-state index contributed by atoms with van der Waals surface area (Å²) in [6.45, 7) is 4.23. The quantitative estimate of drug-likeness (QED) is 0.572. The van der Waals surface area contributed by atoms with E-state index >= 15 is 0 Å². The number of nitrogen functional groups attached to an aromatic ring is 1. The van der Waals surface area contributed by atoms with Gasteiger partial charge in [0.15, 0.2) is 0 Å². The van der Waals surface area contributed by atoms with Crippen LogP contribution in [-0.4, -0.2) is 55.1 Å². The first kappa shape index (κ1) is 15.9. The van der Waals surface area contributed by atoms with Crippen LogP contribution < -0.4 is 16.2 Å². The van der Waals surface area contributed by atoms with Crippen LogP contribution in [0.3, 0.4) is 0 Å². The molecule has 0 bridgehead atoms. The number of aryl methyl sites for hydroxylation is 1. The standard InChI is InChI=1S/C12H22N6O2S/c1-3-4-10-14-11(16-13)9-12(15-10)17-5-7-18(8-6-17)21(2,19)20/h9H,3-8,13H2,1-2H3,(H,14,15,16). The third-order valence-corrected chi connectivity index (χ3v) is 4.72. The van der Waals surface area contributed by atoms with Crippen molar-refractivity contribution in [3.8, 4) is 0 Å². The van der Waals surface area contributed by atoms with Crippen LogP contribution >= 0.6 is 0 Å². The number of anilines is 2. The molecule has 118 valence electrons. The fourth-order valence-electron chi connectivity index (χ4n) is 2.30. The van der Waals surface area contributed by atoms with Gasteiger partial charge in [-0.2, -0.15) is 4.31 Å². The molecular formula is C12H22N6O2S. The van der Waals surface area contributed by atoms with Crippen LogP contribution in [0, 0.1) is 0 Å².